The zero-order valence-electron chi connectivity index (χ0n) is 12.7. The molecule has 0 bridgehead atoms. The van der Waals surface area contributed by atoms with Crippen LogP contribution in [0.3, 0.4) is 0 Å². The number of benzene rings is 1. The Kier molecular flexibility index (Phi) is 5.76. The number of nitrogens with one attached hydrogen (secondary N) is 2. The molecule has 0 radical (unpaired) electrons. The number of carbonyl (C=O) groups is 2. The molecule has 0 saturated carbocycles. The number of hydrogen-bond acceptors (Lipinski definition) is 5. The third-order valence-corrected chi connectivity index (χ3v) is 3.69. The van der Waals surface area contributed by atoms with E-state index in [9.17, 15) is 9.59 Å². The molecule has 120 valence electrons. The normalized spacial score (nSPS) is 10.3. The largest absolute Gasteiger partial charge is 0.497 e. The molecular weight excluding hydrogens is 316 g/mol. The molecule has 1 aromatic heterocycles. The Hall–Kier alpha value is -2.80. The highest BCUT2D eigenvalue weighted by Gasteiger charge is 2.10. The zero-order chi connectivity index (χ0) is 16.7. The Morgan fingerprint density at radius 2 is 1.78 bits per heavy atom. The molecule has 6 nitrogen and oxygen atoms in total. The highest BCUT2D eigenvalue weighted by Crippen LogP contribution is 2.22. The van der Waals surface area contributed by atoms with E-state index in [0.29, 0.717) is 17.1 Å². The maximum Gasteiger partial charge on any atom is 0.269 e. The van der Waals surface area contributed by atoms with Crippen molar-refractivity contribution in [3.63, 3.8) is 0 Å². The highest BCUT2D eigenvalue weighted by molar-refractivity contribution is 7.10. The first-order valence-corrected chi connectivity index (χ1v) is 7.55. The van der Waals surface area contributed by atoms with Crippen LogP contribution in [-0.4, -0.2) is 26.0 Å². The van der Waals surface area contributed by atoms with Crippen LogP contribution in [0.2, 0.25) is 0 Å². The monoisotopic (exact) mass is 332 g/mol. The van der Waals surface area contributed by atoms with Gasteiger partial charge >= 0.3 is 0 Å². The van der Waals surface area contributed by atoms with Crippen LogP contribution in [-0.2, 0) is 4.79 Å². The van der Waals surface area contributed by atoms with Crippen molar-refractivity contribution in [1.29, 1.82) is 0 Å². The highest BCUT2D eigenvalue weighted by atomic mass is 32.1. The molecular formula is C16H16N2O4S. The summed E-state index contributed by atoms with van der Waals surface area (Å²) in [6, 6.07) is 8.52. The van der Waals surface area contributed by atoms with E-state index in [0.717, 1.165) is 4.88 Å². The first-order chi connectivity index (χ1) is 11.1. The lowest BCUT2D eigenvalue weighted by molar-refractivity contribution is -0.117. The van der Waals surface area contributed by atoms with E-state index in [-0.39, 0.29) is 0 Å². The van der Waals surface area contributed by atoms with Gasteiger partial charge in [0.15, 0.2) is 0 Å². The van der Waals surface area contributed by atoms with Crippen molar-refractivity contribution in [3.8, 4) is 11.5 Å². The second-order valence-electron chi connectivity index (χ2n) is 4.39. The molecule has 0 spiro atoms. The number of thiophene rings is 1. The second kappa shape index (κ2) is 8.00. The maximum atomic E-state index is 12.1. The summed E-state index contributed by atoms with van der Waals surface area (Å²) in [5.74, 6) is 0.0681. The number of methoxy groups -OCH3 is 2. The van der Waals surface area contributed by atoms with Gasteiger partial charge < -0.3 is 9.47 Å². The standard InChI is InChI=1S/C16H16N2O4S/c1-21-12-8-11(9-13(10-12)22-2)16(20)18-17-15(19)6-5-14-4-3-7-23-14/h3-10H,1-2H3,(H,17,19)(H,18,20). The number of amides is 2. The van der Waals surface area contributed by atoms with Gasteiger partial charge in [-0.3, -0.25) is 20.4 Å². The summed E-state index contributed by atoms with van der Waals surface area (Å²) in [6.45, 7) is 0. The quantitative estimate of drug-likeness (QED) is 0.650. The molecule has 2 rings (SSSR count). The van der Waals surface area contributed by atoms with Gasteiger partial charge in [-0.2, -0.15) is 0 Å². The Balaban J connectivity index is 1.95. The van der Waals surface area contributed by atoms with E-state index in [1.807, 2.05) is 17.5 Å². The molecule has 0 unspecified atom stereocenters. The first kappa shape index (κ1) is 16.6. The summed E-state index contributed by atoms with van der Waals surface area (Å²) in [5.41, 5.74) is 4.96. The van der Waals surface area contributed by atoms with E-state index in [2.05, 4.69) is 10.9 Å². The third kappa shape index (κ3) is 4.86. The maximum absolute atomic E-state index is 12.1. The van der Waals surface area contributed by atoms with E-state index >= 15 is 0 Å². The molecule has 2 aromatic rings. The van der Waals surface area contributed by atoms with Crippen LogP contribution >= 0.6 is 11.3 Å². The fraction of sp³-hybridized carbons (Fsp3) is 0.125. The van der Waals surface area contributed by atoms with Gasteiger partial charge in [0.2, 0.25) is 0 Å². The number of hydrazine groups is 1. The fourth-order valence-corrected chi connectivity index (χ4v) is 2.33. The number of rotatable bonds is 5. The van der Waals surface area contributed by atoms with Crippen LogP contribution < -0.4 is 20.3 Å². The van der Waals surface area contributed by atoms with Crippen LogP contribution in [0.4, 0.5) is 0 Å². The van der Waals surface area contributed by atoms with Gasteiger partial charge in [0.1, 0.15) is 11.5 Å². The minimum Gasteiger partial charge on any atom is -0.497 e. The molecule has 0 aliphatic carbocycles. The Morgan fingerprint density at radius 3 is 2.35 bits per heavy atom. The summed E-state index contributed by atoms with van der Waals surface area (Å²) in [6.07, 6.45) is 3.01. The minimum absolute atomic E-state index is 0.309. The topological polar surface area (TPSA) is 76.7 Å². The first-order valence-electron chi connectivity index (χ1n) is 6.67. The van der Waals surface area contributed by atoms with Gasteiger partial charge in [-0.1, -0.05) is 6.07 Å². The molecule has 23 heavy (non-hydrogen) atoms. The van der Waals surface area contributed by atoms with Crippen molar-refractivity contribution < 1.29 is 19.1 Å². The number of hydrogen-bond donors (Lipinski definition) is 2. The Bertz CT molecular complexity index is 689. The minimum atomic E-state index is -0.472. The predicted molar refractivity (Wildman–Crippen MR) is 88.5 cm³/mol. The summed E-state index contributed by atoms with van der Waals surface area (Å²) in [7, 11) is 2.99. The van der Waals surface area contributed by atoms with Crippen LogP contribution in [0, 0.1) is 0 Å². The van der Waals surface area contributed by atoms with E-state index < -0.39 is 11.8 Å². The summed E-state index contributed by atoms with van der Waals surface area (Å²) in [5, 5.41) is 1.91. The average Bonchev–Trinajstić information content (AvgIpc) is 3.10. The molecule has 2 amide bonds. The third-order valence-electron chi connectivity index (χ3n) is 2.86. The SMILES string of the molecule is COc1cc(OC)cc(C(=O)NNC(=O)C=Cc2cccs2)c1. The van der Waals surface area contributed by atoms with Gasteiger partial charge in [-0.15, -0.1) is 11.3 Å². The predicted octanol–water partition coefficient (Wildman–Crippen LogP) is 2.24. The van der Waals surface area contributed by atoms with Gasteiger partial charge in [-0.05, 0) is 29.7 Å². The zero-order valence-corrected chi connectivity index (χ0v) is 13.5. The summed E-state index contributed by atoms with van der Waals surface area (Å²) >= 11 is 1.51. The van der Waals surface area contributed by atoms with Gasteiger partial charge in [0, 0.05) is 22.6 Å². The summed E-state index contributed by atoms with van der Waals surface area (Å²) in [4.78, 5) is 24.7. The van der Waals surface area contributed by atoms with Crippen LogP contribution in [0.15, 0.2) is 41.8 Å². The van der Waals surface area contributed by atoms with Crippen molar-refractivity contribution in [3.05, 3.63) is 52.2 Å². The van der Waals surface area contributed by atoms with Gasteiger partial charge in [0.05, 0.1) is 14.2 Å². The van der Waals surface area contributed by atoms with E-state index in [1.54, 1.807) is 24.3 Å². The molecule has 1 aromatic carbocycles. The van der Waals surface area contributed by atoms with E-state index in [1.165, 1.54) is 31.6 Å². The van der Waals surface area contributed by atoms with Crippen molar-refractivity contribution in [2.45, 2.75) is 0 Å². The Morgan fingerprint density at radius 1 is 1.09 bits per heavy atom. The van der Waals surface area contributed by atoms with Crippen LogP contribution in [0.1, 0.15) is 15.2 Å². The molecule has 0 aliphatic heterocycles. The average molecular weight is 332 g/mol. The lowest BCUT2D eigenvalue weighted by atomic mass is 10.2. The molecule has 0 aliphatic rings. The van der Waals surface area contributed by atoms with Crippen molar-refractivity contribution >= 4 is 29.2 Å². The van der Waals surface area contributed by atoms with Crippen molar-refractivity contribution in [2.75, 3.05) is 14.2 Å². The van der Waals surface area contributed by atoms with Crippen LogP contribution in [0.5, 0.6) is 11.5 Å². The molecule has 0 fully saturated rings. The number of carbonyl (C=O) groups excluding carboxylic acids is 2. The van der Waals surface area contributed by atoms with Gasteiger partial charge in [-0.25, -0.2) is 0 Å². The van der Waals surface area contributed by atoms with Crippen molar-refractivity contribution in [1.82, 2.24) is 10.9 Å². The fourth-order valence-electron chi connectivity index (χ4n) is 1.71. The molecule has 2 N–H and O–H groups in total. The van der Waals surface area contributed by atoms with E-state index in [4.69, 9.17) is 9.47 Å². The second-order valence-corrected chi connectivity index (χ2v) is 5.37. The van der Waals surface area contributed by atoms with Crippen molar-refractivity contribution in [2.24, 2.45) is 0 Å². The number of ether oxygens (including phenoxy) is 2. The molecule has 1 heterocycles. The lowest BCUT2D eigenvalue weighted by Gasteiger charge is -2.09. The lowest BCUT2D eigenvalue weighted by Crippen LogP contribution is -2.40. The molecule has 0 saturated heterocycles. The summed E-state index contributed by atoms with van der Waals surface area (Å²) < 4.78 is 10.2. The molecule has 7 heteroatoms. The van der Waals surface area contributed by atoms with Crippen LogP contribution in [0.25, 0.3) is 6.08 Å². The molecule has 0 atom stereocenters. The van der Waals surface area contributed by atoms with Gasteiger partial charge in [0.25, 0.3) is 11.8 Å². The Labute approximate surface area is 137 Å². The smallest absolute Gasteiger partial charge is 0.269 e.